The average molecular weight is 456 g/mol. The summed E-state index contributed by atoms with van der Waals surface area (Å²) in [5, 5.41) is 6.39. The normalized spacial score (nSPS) is 11.7. The summed E-state index contributed by atoms with van der Waals surface area (Å²) >= 11 is 4.45. The van der Waals surface area contributed by atoms with Crippen LogP contribution in [0.2, 0.25) is 0 Å². The highest BCUT2D eigenvalue weighted by Crippen LogP contribution is 2.40. The first-order valence-corrected chi connectivity index (χ1v) is 9.30. The largest absolute Gasteiger partial charge is 0.495 e. The minimum atomic E-state index is -4.54. The molecule has 140 valence electrons. The van der Waals surface area contributed by atoms with Crippen molar-refractivity contribution in [3.05, 3.63) is 63.4 Å². The van der Waals surface area contributed by atoms with E-state index in [9.17, 15) is 13.2 Å². The molecule has 0 spiro atoms. The molecule has 0 aliphatic heterocycles. The highest BCUT2D eigenvalue weighted by Gasteiger charge is 2.35. The minimum absolute atomic E-state index is 0.196. The number of benzene rings is 2. The molecular weight excluding hydrogens is 443 g/mol. The fourth-order valence-electron chi connectivity index (χ4n) is 2.34. The van der Waals surface area contributed by atoms with Crippen molar-refractivity contribution in [3.8, 4) is 17.0 Å². The topological polar surface area (TPSA) is 46.5 Å². The Bertz CT molecular complexity index is 958. The number of thiazole rings is 1. The molecule has 4 nitrogen and oxygen atoms in total. The SMILES string of the molecule is COc1c(Br)cc(C=NNc2nc(-c3ccccc3)cs2)cc1C(F)(F)F. The Kier molecular flexibility index (Phi) is 5.81. The predicted octanol–water partition coefficient (Wildman–Crippen LogP) is 6.05. The lowest BCUT2D eigenvalue weighted by molar-refractivity contribution is -0.138. The van der Waals surface area contributed by atoms with Crippen molar-refractivity contribution in [1.82, 2.24) is 4.98 Å². The average Bonchev–Trinajstić information content (AvgIpc) is 3.10. The Hall–Kier alpha value is -2.39. The van der Waals surface area contributed by atoms with Crippen LogP contribution < -0.4 is 10.2 Å². The number of aromatic nitrogens is 1. The minimum Gasteiger partial charge on any atom is -0.495 e. The lowest BCUT2D eigenvalue weighted by Crippen LogP contribution is -2.09. The van der Waals surface area contributed by atoms with Gasteiger partial charge >= 0.3 is 6.18 Å². The fourth-order valence-corrected chi connectivity index (χ4v) is 3.64. The molecule has 1 aromatic heterocycles. The van der Waals surface area contributed by atoms with Crippen molar-refractivity contribution in [2.24, 2.45) is 5.10 Å². The third-order valence-electron chi connectivity index (χ3n) is 3.52. The van der Waals surface area contributed by atoms with Crippen molar-refractivity contribution in [2.75, 3.05) is 12.5 Å². The number of rotatable bonds is 5. The number of hydrogen-bond acceptors (Lipinski definition) is 5. The first-order valence-electron chi connectivity index (χ1n) is 7.63. The van der Waals surface area contributed by atoms with Crippen molar-refractivity contribution >= 4 is 38.6 Å². The van der Waals surface area contributed by atoms with Crippen LogP contribution >= 0.6 is 27.3 Å². The number of anilines is 1. The van der Waals surface area contributed by atoms with Crippen LogP contribution in [0.4, 0.5) is 18.3 Å². The molecule has 1 N–H and O–H groups in total. The quantitative estimate of drug-likeness (QED) is 0.376. The van der Waals surface area contributed by atoms with Crippen LogP contribution in [0, 0.1) is 0 Å². The first kappa shape index (κ1) is 19.4. The van der Waals surface area contributed by atoms with Gasteiger partial charge < -0.3 is 4.74 Å². The maximum Gasteiger partial charge on any atom is 0.420 e. The molecule has 0 amide bonds. The summed E-state index contributed by atoms with van der Waals surface area (Å²) in [6.45, 7) is 0. The van der Waals surface area contributed by atoms with E-state index >= 15 is 0 Å². The van der Waals surface area contributed by atoms with Crippen LogP contribution in [0.5, 0.6) is 5.75 Å². The number of alkyl halides is 3. The Labute approximate surface area is 165 Å². The molecule has 0 aliphatic carbocycles. The Morgan fingerprint density at radius 3 is 2.63 bits per heavy atom. The zero-order valence-electron chi connectivity index (χ0n) is 13.9. The summed E-state index contributed by atoms with van der Waals surface area (Å²) < 4.78 is 44.6. The molecule has 0 radical (unpaired) electrons. The van der Waals surface area contributed by atoms with Gasteiger partial charge in [-0.15, -0.1) is 11.3 Å². The van der Waals surface area contributed by atoms with Gasteiger partial charge in [-0.2, -0.15) is 18.3 Å². The molecule has 0 unspecified atom stereocenters. The van der Waals surface area contributed by atoms with E-state index in [0.717, 1.165) is 17.3 Å². The highest BCUT2D eigenvalue weighted by molar-refractivity contribution is 9.10. The number of hydrogen-bond donors (Lipinski definition) is 1. The van der Waals surface area contributed by atoms with Crippen molar-refractivity contribution in [2.45, 2.75) is 6.18 Å². The van der Waals surface area contributed by atoms with E-state index in [1.165, 1.54) is 30.7 Å². The van der Waals surface area contributed by atoms with E-state index in [2.05, 4.69) is 31.4 Å². The van der Waals surface area contributed by atoms with Crippen LogP contribution in [0.15, 0.2) is 57.4 Å². The second-order valence-corrected chi connectivity index (χ2v) is 7.07. The Morgan fingerprint density at radius 2 is 1.96 bits per heavy atom. The highest BCUT2D eigenvalue weighted by atomic mass is 79.9. The molecule has 0 saturated carbocycles. The Morgan fingerprint density at radius 1 is 1.22 bits per heavy atom. The van der Waals surface area contributed by atoms with Gasteiger partial charge in [-0.25, -0.2) is 4.98 Å². The Balaban J connectivity index is 1.77. The molecule has 2 aromatic carbocycles. The molecular formula is C18H13BrF3N3OS. The van der Waals surface area contributed by atoms with Gasteiger partial charge in [-0.05, 0) is 33.6 Å². The van der Waals surface area contributed by atoms with Crippen molar-refractivity contribution in [3.63, 3.8) is 0 Å². The number of methoxy groups -OCH3 is 1. The molecule has 3 aromatic rings. The van der Waals surface area contributed by atoms with Gasteiger partial charge in [0.2, 0.25) is 5.13 Å². The van der Waals surface area contributed by atoms with E-state index in [0.29, 0.717) is 5.13 Å². The number of hydrazone groups is 1. The van der Waals surface area contributed by atoms with E-state index < -0.39 is 11.7 Å². The molecule has 27 heavy (non-hydrogen) atoms. The van der Waals surface area contributed by atoms with Gasteiger partial charge in [0.25, 0.3) is 0 Å². The second-order valence-electron chi connectivity index (χ2n) is 5.36. The standard InChI is InChI=1S/C18H13BrF3N3OS/c1-26-16-13(18(20,21)22)7-11(8-14(16)19)9-23-25-17-24-15(10-27-17)12-5-3-2-4-6-12/h2-10H,1H3,(H,24,25). The zero-order chi connectivity index (χ0) is 19.4. The van der Waals surface area contributed by atoms with Crippen LogP contribution in [0.1, 0.15) is 11.1 Å². The third kappa shape index (κ3) is 4.67. The van der Waals surface area contributed by atoms with Gasteiger partial charge in [0, 0.05) is 10.9 Å². The molecule has 0 fully saturated rings. The summed E-state index contributed by atoms with van der Waals surface area (Å²) in [7, 11) is 1.19. The molecule has 3 rings (SSSR count). The van der Waals surface area contributed by atoms with Crippen molar-refractivity contribution in [1.29, 1.82) is 0 Å². The monoisotopic (exact) mass is 455 g/mol. The van der Waals surface area contributed by atoms with E-state index in [4.69, 9.17) is 4.74 Å². The van der Waals surface area contributed by atoms with Crippen LogP contribution in [0.25, 0.3) is 11.3 Å². The number of ether oxygens (including phenoxy) is 1. The number of nitrogens with zero attached hydrogens (tertiary/aromatic N) is 2. The molecule has 1 heterocycles. The van der Waals surface area contributed by atoms with Gasteiger partial charge in [0.15, 0.2) is 0 Å². The van der Waals surface area contributed by atoms with Crippen LogP contribution in [0.3, 0.4) is 0 Å². The third-order valence-corrected chi connectivity index (χ3v) is 4.86. The summed E-state index contributed by atoms with van der Waals surface area (Å²) in [5.41, 5.74) is 3.90. The summed E-state index contributed by atoms with van der Waals surface area (Å²) in [4.78, 5) is 4.40. The molecule has 0 atom stereocenters. The van der Waals surface area contributed by atoms with E-state index in [1.54, 1.807) is 0 Å². The van der Waals surface area contributed by atoms with Gasteiger partial charge in [-0.3, -0.25) is 5.43 Å². The lowest BCUT2D eigenvalue weighted by Gasteiger charge is -2.14. The number of halogens is 4. The summed E-state index contributed by atoms with van der Waals surface area (Å²) in [6, 6.07) is 12.1. The fraction of sp³-hybridized carbons (Fsp3) is 0.111. The summed E-state index contributed by atoms with van der Waals surface area (Å²) in [6.07, 6.45) is -3.24. The zero-order valence-corrected chi connectivity index (χ0v) is 16.3. The number of nitrogens with one attached hydrogen (secondary N) is 1. The maximum absolute atomic E-state index is 13.2. The molecule has 9 heteroatoms. The lowest BCUT2D eigenvalue weighted by atomic mass is 10.1. The molecule has 0 aliphatic rings. The van der Waals surface area contributed by atoms with Gasteiger partial charge in [-0.1, -0.05) is 30.3 Å². The predicted molar refractivity (Wildman–Crippen MR) is 104 cm³/mol. The molecule has 0 saturated heterocycles. The van der Waals surface area contributed by atoms with Crippen LogP contribution in [-0.4, -0.2) is 18.3 Å². The van der Waals surface area contributed by atoms with E-state index in [1.807, 2.05) is 35.7 Å². The van der Waals surface area contributed by atoms with Gasteiger partial charge in [0.05, 0.1) is 29.1 Å². The smallest absolute Gasteiger partial charge is 0.420 e. The van der Waals surface area contributed by atoms with Crippen LogP contribution in [-0.2, 0) is 6.18 Å². The van der Waals surface area contributed by atoms with Crippen molar-refractivity contribution < 1.29 is 17.9 Å². The second kappa shape index (κ2) is 8.10. The maximum atomic E-state index is 13.2. The van der Waals surface area contributed by atoms with E-state index in [-0.39, 0.29) is 15.8 Å². The molecule has 0 bridgehead atoms. The van der Waals surface area contributed by atoms with Gasteiger partial charge in [0.1, 0.15) is 5.75 Å². The summed E-state index contributed by atoms with van der Waals surface area (Å²) in [5.74, 6) is -0.264. The first-order chi connectivity index (χ1) is 12.9.